The van der Waals surface area contributed by atoms with E-state index in [0.717, 1.165) is 33.9 Å². The summed E-state index contributed by atoms with van der Waals surface area (Å²) in [6, 6.07) is 59.9. The van der Waals surface area contributed by atoms with Gasteiger partial charge in [-0.3, -0.25) is 15.0 Å². The molecule has 0 saturated carbocycles. The van der Waals surface area contributed by atoms with E-state index >= 15 is 0 Å². The summed E-state index contributed by atoms with van der Waals surface area (Å²) in [6.45, 7) is 43.0. The Morgan fingerprint density at radius 3 is 1.38 bits per heavy atom. The van der Waals surface area contributed by atoms with Crippen LogP contribution in [0.2, 0.25) is 0 Å². The third-order valence-electron chi connectivity index (χ3n) is 13.7. The van der Waals surface area contributed by atoms with Gasteiger partial charge in [0.2, 0.25) is 0 Å². The lowest BCUT2D eigenvalue weighted by Gasteiger charge is -2.22. The lowest BCUT2D eigenvalue weighted by molar-refractivity contribution is 0.134. The largest absolute Gasteiger partial charge is 0.491 e. The van der Waals surface area contributed by atoms with Crippen LogP contribution in [0.1, 0.15) is 173 Å². The maximum absolute atomic E-state index is 5.41. The fraction of sp³-hybridized carbons (Fsp3) is 0.439. The Kier molecular flexibility index (Phi) is 46.5. The molecule has 10 rings (SSSR count). The molecule has 9 nitrogen and oxygen atoms in total. The maximum atomic E-state index is 5.41. The molecule has 0 spiro atoms. The summed E-state index contributed by atoms with van der Waals surface area (Å²) in [4.78, 5) is 23.8. The minimum absolute atomic E-state index is 0.210. The number of amidine groups is 1. The molecule has 2 aliphatic rings. The summed E-state index contributed by atoms with van der Waals surface area (Å²) in [5, 5.41) is 9.06. The monoisotopic (exact) mass is 1330 g/mol. The van der Waals surface area contributed by atoms with E-state index in [1.165, 1.54) is 26.5 Å². The first-order chi connectivity index (χ1) is 44.7. The van der Waals surface area contributed by atoms with Gasteiger partial charge in [-0.2, -0.15) is 11.8 Å². The standard InChI is InChI=1S/C15H17P.C12H13N.C10H14N2.C9H12O.C9H12S.C8H11N.C6H10N2.C5H13N.C4H10O.C4H10S/c1-13(2)16(14-9-5-3-6-10-14)15-11-7-4-8-12-15;1-9(2)11-7-3-5-10-6-4-8-13-12(10)11;1-7(2)10-11-8-5-3-4-6-9(8)12-10;2*1-8(2)10-9-6-4-3-5-7-9;1-7(2)8-5-3-4-6-9-8;1-5(2)6-7-3-4-8-6;1-5(2)6(3)4;2*1-4(2)5-3/h3-13H,1-2H3;3-9H,1-2H3;3-9H,1-2H3,(H,11,12);2*3-8H,1-2H3;3-7H,1-2H3;3-5H,1-2H3,(H,7,8);5H,1-4H3;2*4H,1-3H3. The van der Waals surface area contributed by atoms with Crippen LogP contribution in [0.15, 0.2) is 229 Å². The van der Waals surface area contributed by atoms with Crippen LogP contribution in [-0.2, 0) is 4.74 Å². The molecule has 12 heteroatoms. The number of nitrogens with one attached hydrogen (secondary N) is 2. The van der Waals surface area contributed by atoms with E-state index in [9.17, 15) is 0 Å². The topological polar surface area (TPSA) is 101 Å². The Morgan fingerprint density at radius 1 is 0.500 bits per heavy atom. The van der Waals surface area contributed by atoms with E-state index in [1.54, 1.807) is 13.3 Å². The number of fused-ring (bicyclic) bond motifs is 2. The number of aliphatic imine (C=N–C) groups is 1. The third kappa shape index (κ3) is 39.5. The van der Waals surface area contributed by atoms with Gasteiger partial charge in [0.05, 0.1) is 29.8 Å². The number of thioether (sulfide) groups is 2. The van der Waals surface area contributed by atoms with E-state index in [-0.39, 0.29) is 14.0 Å². The Hall–Kier alpha value is -6.33. The molecular formula is C82H122N7O2PS2. The smallest absolute Gasteiger partial charge is 0.119 e. The lowest BCUT2D eigenvalue weighted by atomic mass is 10.00. The Morgan fingerprint density at radius 2 is 1.00 bits per heavy atom. The van der Waals surface area contributed by atoms with Gasteiger partial charge in [-0.15, -0.1) is 11.8 Å². The van der Waals surface area contributed by atoms with Gasteiger partial charge in [0.1, 0.15) is 17.4 Å². The summed E-state index contributed by atoms with van der Waals surface area (Å²) in [5.41, 5.74) is 4.32. The molecule has 1 aliphatic carbocycles. The van der Waals surface area contributed by atoms with Crippen molar-refractivity contribution >= 4 is 58.8 Å². The highest BCUT2D eigenvalue weighted by Gasteiger charge is 2.26. The van der Waals surface area contributed by atoms with Gasteiger partial charge < -0.3 is 24.7 Å². The highest BCUT2D eigenvalue weighted by Crippen LogP contribution is 2.38. The Balaban J connectivity index is 0.000000533. The number of allylic oxidation sites excluding steroid dienone is 2. The molecular weight excluding hydrogens is 1210 g/mol. The van der Waals surface area contributed by atoms with Crippen LogP contribution < -0.4 is 20.7 Å². The average Bonchev–Trinajstić information content (AvgIpc) is 1.14. The van der Waals surface area contributed by atoms with Crippen LogP contribution in [0.3, 0.4) is 0 Å². The molecule has 2 N–H and O–H groups in total. The molecule has 0 bridgehead atoms. The highest BCUT2D eigenvalue weighted by molar-refractivity contribution is 8.00. The molecule has 1 aliphatic heterocycles. The predicted molar refractivity (Wildman–Crippen MR) is 422 cm³/mol. The van der Waals surface area contributed by atoms with Crippen LogP contribution in [0.5, 0.6) is 5.75 Å². The molecule has 0 saturated heterocycles. The van der Waals surface area contributed by atoms with Crippen LogP contribution in [0.25, 0.3) is 10.9 Å². The zero-order valence-electron chi connectivity index (χ0n) is 62.0. The van der Waals surface area contributed by atoms with E-state index < -0.39 is 0 Å². The van der Waals surface area contributed by atoms with Gasteiger partial charge in [-0.25, -0.2) is 4.98 Å². The van der Waals surface area contributed by atoms with Gasteiger partial charge in [0.25, 0.3) is 0 Å². The van der Waals surface area contributed by atoms with E-state index in [0.29, 0.717) is 58.8 Å². The third-order valence-corrected chi connectivity index (χ3v) is 18.4. The number of methoxy groups -OCH3 is 1. The Labute approximate surface area is 582 Å². The van der Waals surface area contributed by atoms with Crippen molar-refractivity contribution in [1.29, 1.82) is 0 Å². The molecule has 2 atom stereocenters. The van der Waals surface area contributed by atoms with Gasteiger partial charge in [-0.1, -0.05) is 249 Å². The number of nitrogens with zero attached hydrogens (tertiary/aromatic N) is 5. The van der Waals surface area contributed by atoms with E-state index in [4.69, 9.17) is 9.47 Å². The average molecular weight is 1330 g/mol. The number of H-pyrrole nitrogens is 1. The number of hydrogen-bond donors (Lipinski definition) is 2. The lowest BCUT2D eigenvalue weighted by Crippen LogP contribution is -2.34. The summed E-state index contributed by atoms with van der Waals surface area (Å²) < 4.78 is 10.2. The van der Waals surface area contributed by atoms with Crippen LogP contribution >= 0.6 is 31.4 Å². The summed E-state index contributed by atoms with van der Waals surface area (Å²) in [6.07, 6.45) is 18.5. The van der Waals surface area contributed by atoms with Crippen molar-refractivity contribution in [3.8, 4) is 5.75 Å². The molecule has 3 aromatic heterocycles. The fourth-order valence-electron chi connectivity index (χ4n) is 7.91. The molecule has 2 unspecified atom stereocenters. The zero-order chi connectivity index (χ0) is 70.4. The predicted octanol–water partition coefficient (Wildman–Crippen LogP) is 21.5. The van der Waals surface area contributed by atoms with Crippen molar-refractivity contribution in [2.45, 2.75) is 208 Å². The number of pyridine rings is 2. The van der Waals surface area contributed by atoms with Gasteiger partial charge in [0, 0.05) is 71.0 Å². The number of aromatic amines is 1. The summed E-state index contributed by atoms with van der Waals surface area (Å²) >= 11 is 3.78. The molecule has 5 aromatic carbocycles. The second kappa shape index (κ2) is 51.0. The number of benzene rings is 5. The van der Waals surface area contributed by atoms with Crippen molar-refractivity contribution in [3.63, 3.8) is 0 Å². The molecule has 0 fully saturated rings. The Bertz CT molecular complexity index is 3030. The quantitative estimate of drug-likeness (QED) is 0.0814. The molecule has 94 heavy (non-hydrogen) atoms. The van der Waals surface area contributed by atoms with E-state index in [1.807, 2.05) is 130 Å². The molecule has 0 amide bonds. The molecule has 0 radical (unpaired) electrons. The normalized spacial score (nSPS) is 13.2. The first-order valence-electron chi connectivity index (χ1n) is 33.7. The number of imidazole rings is 1. The van der Waals surface area contributed by atoms with Gasteiger partial charge in [-0.05, 0) is 151 Å². The van der Waals surface area contributed by atoms with Crippen LogP contribution in [0, 0.1) is 5.92 Å². The maximum Gasteiger partial charge on any atom is 0.119 e. The highest BCUT2D eigenvalue weighted by atomic mass is 32.2. The van der Waals surface area contributed by atoms with Crippen LogP contribution in [-0.4, -0.2) is 105 Å². The van der Waals surface area contributed by atoms with Crippen molar-refractivity contribution in [1.82, 2.24) is 30.2 Å². The van der Waals surface area contributed by atoms with Gasteiger partial charge >= 0.3 is 0 Å². The summed E-state index contributed by atoms with van der Waals surface area (Å²) in [5.74, 6) is 5.26. The van der Waals surface area contributed by atoms with Crippen molar-refractivity contribution in [2.24, 2.45) is 10.9 Å². The second-order valence-electron chi connectivity index (χ2n) is 25.4. The number of aromatic nitrogens is 4. The van der Waals surface area contributed by atoms with Crippen molar-refractivity contribution in [3.05, 3.63) is 236 Å². The SMILES string of the molecule is CC(C)C1=NC2C=CC=CC2N1.CC(C)N(C)C.CC(C)Oc1ccccc1.CC(C)P(c1ccccc1)c1ccccc1.CC(C)Sc1ccccc1.CC(C)c1cccc2cccnc12.CC(C)c1ccccn1.CC(C)c1ncc[nH]1.COC(C)C.CSC(C)C. The van der Waals surface area contributed by atoms with Crippen molar-refractivity contribution < 1.29 is 9.47 Å². The zero-order valence-corrected chi connectivity index (χ0v) is 64.6. The first-order valence-corrected chi connectivity index (χ1v) is 37.3. The number of ether oxygens (including phenoxy) is 2. The molecule has 4 heterocycles. The molecule has 514 valence electrons. The first kappa shape index (κ1) is 85.7. The summed E-state index contributed by atoms with van der Waals surface area (Å²) in [7, 11) is 5.64. The minimum atomic E-state index is -0.210. The van der Waals surface area contributed by atoms with Crippen molar-refractivity contribution in [2.75, 3.05) is 27.5 Å². The van der Waals surface area contributed by atoms with Gasteiger partial charge in [0.15, 0.2) is 0 Å². The van der Waals surface area contributed by atoms with E-state index in [2.05, 4.69) is 300 Å². The number of rotatable bonds is 14. The molecule has 8 aromatic rings. The second-order valence-corrected chi connectivity index (χ2v) is 31.3. The number of para-hydroxylation sites is 2. The fourth-order valence-corrected chi connectivity index (χ4v) is 11.2. The number of hydrogen-bond acceptors (Lipinski definition) is 10. The minimum Gasteiger partial charge on any atom is -0.491 e. The van der Waals surface area contributed by atoms with Crippen LogP contribution in [0.4, 0.5) is 0 Å².